The molecular formula is C24H26N2O3S. The first-order valence-electron chi connectivity index (χ1n) is 10.3. The molecule has 1 saturated heterocycles. The summed E-state index contributed by atoms with van der Waals surface area (Å²) in [6, 6.07) is 20.4. The van der Waals surface area contributed by atoms with Crippen LogP contribution in [0.5, 0.6) is 0 Å². The van der Waals surface area contributed by atoms with E-state index in [0.717, 1.165) is 29.3 Å². The van der Waals surface area contributed by atoms with Crippen molar-refractivity contribution >= 4 is 32.3 Å². The fraction of sp³-hybridized carbons (Fsp3) is 0.292. The summed E-state index contributed by atoms with van der Waals surface area (Å²) in [5, 5.41) is 5.39. The van der Waals surface area contributed by atoms with Crippen LogP contribution in [0.1, 0.15) is 30.1 Å². The highest BCUT2D eigenvalue weighted by atomic mass is 32.2. The molecule has 0 saturated carbocycles. The van der Waals surface area contributed by atoms with Gasteiger partial charge in [-0.3, -0.25) is 4.79 Å². The van der Waals surface area contributed by atoms with Gasteiger partial charge in [-0.25, -0.2) is 8.42 Å². The molecule has 3 aromatic carbocycles. The molecule has 4 rings (SSSR count). The van der Waals surface area contributed by atoms with Crippen molar-refractivity contribution in [1.82, 2.24) is 4.31 Å². The molecule has 1 fully saturated rings. The summed E-state index contributed by atoms with van der Waals surface area (Å²) in [5.74, 6) is 0.401. The van der Waals surface area contributed by atoms with E-state index in [1.807, 2.05) is 42.5 Å². The summed E-state index contributed by atoms with van der Waals surface area (Å²) >= 11 is 0. The Hall–Kier alpha value is -2.70. The highest BCUT2D eigenvalue weighted by molar-refractivity contribution is 7.89. The maximum absolute atomic E-state index is 13.0. The number of hydrogen-bond acceptors (Lipinski definition) is 4. The van der Waals surface area contributed by atoms with Crippen LogP contribution in [0.3, 0.4) is 0 Å². The Morgan fingerprint density at radius 1 is 0.967 bits per heavy atom. The van der Waals surface area contributed by atoms with E-state index in [4.69, 9.17) is 0 Å². The fourth-order valence-electron chi connectivity index (χ4n) is 3.79. The Balaban J connectivity index is 1.46. The van der Waals surface area contributed by atoms with Gasteiger partial charge in [-0.1, -0.05) is 49.4 Å². The summed E-state index contributed by atoms with van der Waals surface area (Å²) in [5.41, 5.74) is 1.25. The van der Waals surface area contributed by atoms with Gasteiger partial charge in [0.15, 0.2) is 5.78 Å². The summed E-state index contributed by atoms with van der Waals surface area (Å²) in [4.78, 5) is 12.9. The predicted molar refractivity (Wildman–Crippen MR) is 120 cm³/mol. The Bertz CT molecular complexity index is 1170. The van der Waals surface area contributed by atoms with Crippen LogP contribution in [0.2, 0.25) is 0 Å². The number of Topliss-reactive ketones (excluding diaryl/α,β-unsaturated/α-hetero) is 1. The van der Waals surface area contributed by atoms with Crippen molar-refractivity contribution < 1.29 is 13.2 Å². The van der Waals surface area contributed by atoms with Gasteiger partial charge in [-0.05, 0) is 53.8 Å². The Labute approximate surface area is 177 Å². The van der Waals surface area contributed by atoms with Crippen LogP contribution in [-0.4, -0.2) is 38.1 Å². The number of rotatable bonds is 6. The van der Waals surface area contributed by atoms with E-state index in [1.54, 1.807) is 18.2 Å². The molecule has 0 aromatic heterocycles. The van der Waals surface area contributed by atoms with Gasteiger partial charge in [0.25, 0.3) is 0 Å². The summed E-state index contributed by atoms with van der Waals surface area (Å²) in [6.45, 7) is 3.31. The Morgan fingerprint density at radius 3 is 2.47 bits per heavy atom. The van der Waals surface area contributed by atoms with Crippen molar-refractivity contribution in [2.24, 2.45) is 5.92 Å². The van der Waals surface area contributed by atoms with E-state index in [1.165, 1.54) is 10.4 Å². The Morgan fingerprint density at radius 2 is 1.70 bits per heavy atom. The molecule has 1 aliphatic rings. The van der Waals surface area contributed by atoms with Crippen molar-refractivity contribution in [3.05, 3.63) is 72.3 Å². The minimum absolute atomic E-state index is 0.100. The van der Waals surface area contributed by atoms with E-state index in [-0.39, 0.29) is 17.2 Å². The second kappa shape index (κ2) is 8.58. The number of sulfonamides is 1. The van der Waals surface area contributed by atoms with Gasteiger partial charge >= 0.3 is 0 Å². The van der Waals surface area contributed by atoms with E-state index in [9.17, 15) is 13.2 Å². The van der Waals surface area contributed by atoms with E-state index >= 15 is 0 Å². The molecule has 0 aliphatic carbocycles. The number of benzene rings is 3. The lowest BCUT2D eigenvalue weighted by molar-refractivity contribution is 0.101. The van der Waals surface area contributed by atoms with Gasteiger partial charge < -0.3 is 5.32 Å². The number of anilines is 1. The smallest absolute Gasteiger partial charge is 0.243 e. The molecular weight excluding hydrogens is 396 g/mol. The maximum atomic E-state index is 13.0. The fourth-order valence-corrected chi connectivity index (χ4v) is 5.30. The topological polar surface area (TPSA) is 66.5 Å². The van der Waals surface area contributed by atoms with Crippen molar-refractivity contribution in [3.63, 3.8) is 0 Å². The Kier molecular flexibility index (Phi) is 5.88. The minimum atomic E-state index is -3.57. The van der Waals surface area contributed by atoms with E-state index in [2.05, 4.69) is 12.2 Å². The van der Waals surface area contributed by atoms with Gasteiger partial charge in [0.2, 0.25) is 10.0 Å². The van der Waals surface area contributed by atoms with Gasteiger partial charge in [0.1, 0.15) is 0 Å². The van der Waals surface area contributed by atoms with Crippen LogP contribution in [-0.2, 0) is 10.0 Å². The minimum Gasteiger partial charge on any atom is -0.378 e. The first-order chi connectivity index (χ1) is 14.4. The third-order valence-electron chi connectivity index (χ3n) is 5.74. The van der Waals surface area contributed by atoms with Crippen molar-refractivity contribution in [2.45, 2.75) is 24.7 Å². The largest absolute Gasteiger partial charge is 0.378 e. The first-order valence-corrected chi connectivity index (χ1v) is 11.7. The van der Waals surface area contributed by atoms with Gasteiger partial charge in [-0.15, -0.1) is 0 Å². The zero-order valence-corrected chi connectivity index (χ0v) is 17.9. The SMILES string of the molecule is CC1CCN(S(=O)(=O)c2cccc(C(=O)CNc3ccc4ccccc4c3)c2)CC1. The molecule has 1 aliphatic heterocycles. The highest BCUT2D eigenvalue weighted by Crippen LogP contribution is 2.24. The molecule has 6 heteroatoms. The zero-order valence-electron chi connectivity index (χ0n) is 17.0. The van der Waals surface area contributed by atoms with Gasteiger partial charge in [0.05, 0.1) is 11.4 Å². The summed E-state index contributed by atoms with van der Waals surface area (Å²) < 4.78 is 27.5. The van der Waals surface area contributed by atoms with Crippen LogP contribution < -0.4 is 5.32 Å². The number of ketones is 1. The lowest BCUT2D eigenvalue weighted by atomic mass is 10.0. The number of nitrogens with one attached hydrogen (secondary N) is 1. The van der Waals surface area contributed by atoms with Crippen LogP contribution in [0, 0.1) is 5.92 Å². The number of hydrogen-bond donors (Lipinski definition) is 1. The van der Waals surface area contributed by atoms with Gasteiger partial charge in [-0.2, -0.15) is 4.31 Å². The molecule has 0 atom stereocenters. The number of fused-ring (bicyclic) bond motifs is 1. The molecule has 0 unspecified atom stereocenters. The predicted octanol–water partition coefficient (Wildman–Crippen LogP) is 4.56. The lowest BCUT2D eigenvalue weighted by Gasteiger charge is -2.29. The van der Waals surface area contributed by atoms with Crippen LogP contribution in [0.25, 0.3) is 10.8 Å². The van der Waals surface area contributed by atoms with Crippen molar-refractivity contribution in [1.29, 1.82) is 0 Å². The number of piperidine rings is 1. The molecule has 1 heterocycles. The quantitative estimate of drug-likeness (QED) is 0.592. The standard InChI is InChI=1S/C24H26N2O3S/c1-18-11-13-26(14-12-18)30(28,29)23-8-4-7-21(16-23)24(27)17-25-22-10-9-19-5-2-3-6-20(19)15-22/h2-10,15-16,18,25H,11-14,17H2,1H3. The third kappa shape index (κ3) is 4.40. The normalized spacial score (nSPS) is 15.9. The molecule has 30 heavy (non-hydrogen) atoms. The number of carbonyl (C=O) groups excluding carboxylic acids is 1. The van der Waals surface area contributed by atoms with Crippen LogP contribution in [0.15, 0.2) is 71.6 Å². The molecule has 0 radical (unpaired) electrons. The maximum Gasteiger partial charge on any atom is 0.243 e. The first kappa shape index (κ1) is 20.6. The van der Waals surface area contributed by atoms with Gasteiger partial charge in [0, 0.05) is 24.3 Å². The van der Waals surface area contributed by atoms with Crippen LogP contribution >= 0.6 is 0 Å². The second-order valence-corrected chi connectivity index (χ2v) is 9.89. The molecule has 0 bridgehead atoms. The third-order valence-corrected chi connectivity index (χ3v) is 7.63. The molecule has 3 aromatic rings. The lowest BCUT2D eigenvalue weighted by Crippen LogP contribution is -2.37. The van der Waals surface area contributed by atoms with E-state index < -0.39 is 10.0 Å². The molecule has 0 amide bonds. The second-order valence-electron chi connectivity index (χ2n) is 7.95. The summed E-state index contributed by atoms with van der Waals surface area (Å²) in [7, 11) is -3.57. The number of nitrogens with zero attached hydrogens (tertiary/aromatic N) is 1. The molecule has 156 valence electrons. The number of carbonyl (C=O) groups is 1. The molecule has 1 N–H and O–H groups in total. The van der Waals surface area contributed by atoms with Crippen molar-refractivity contribution in [3.8, 4) is 0 Å². The molecule has 0 spiro atoms. The monoisotopic (exact) mass is 422 g/mol. The average Bonchev–Trinajstić information content (AvgIpc) is 2.77. The van der Waals surface area contributed by atoms with Crippen molar-refractivity contribution in [2.75, 3.05) is 25.0 Å². The van der Waals surface area contributed by atoms with E-state index in [0.29, 0.717) is 24.6 Å². The highest BCUT2D eigenvalue weighted by Gasteiger charge is 2.28. The zero-order chi connectivity index (χ0) is 21.1. The average molecular weight is 423 g/mol. The summed E-state index contributed by atoms with van der Waals surface area (Å²) in [6.07, 6.45) is 1.74. The molecule has 5 nitrogen and oxygen atoms in total. The van der Waals surface area contributed by atoms with Crippen LogP contribution in [0.4, 0.5) is 5.69 Å².